The molecule has 0 bridgehead atoms. The molecule has 0 aromatic heterocycles. The van der Waals surface area contributed by atoms with E-state index in [-0.39, 0.29) is 5.92 Å². The van der Waals surface area contributed by atoms with E-state index in [1.807, 2.05) is 6.92 Å². The zero-order valence-electron chi connectivity index (χ0n) is 8.98. The van der Waals surface area contributed by atoms with Gasteiger partial charge in [-0.3, -0.25) is 0 Å². The molecule has 6 heteroatoms. The first-order valence-corrected chi connectivity index (χ1v) is 7.19. The number of thiocarbonyl (C=S) groups is 1. The van der Waals surface area contributed by atoms with E-state index in [1.54, 1.807) is 4.31 Å². The molecular weight excluding hydrogens is 232 g/mol. The molecule has 1 atom stereocenters. The molecule has 1 rings (SSSR count). The molecule has 15 heavy (non-hydrogen) atoms. The van der Waals surface area contributed by atoms with Gasteiger partial charge in [-0.25, -0.2) is 12.7 Å². The fraction of sp³-hybridized carbons (Fsp3) is 0.889. The summed E-state index contributed by atoms with van der Waals surface area (Å²) < 4.78 is 24.7. The molecule has 1 unspecified atom stereocenters. The first-order chi connectivity index (χ1) is 6.92. The van der Waals surface area contributed by atoms with E-state index in [0.717, 1.165) is 12.8 Å². The molecule has 0 aliphatic carbocycles. The highest BCUT2D eigenvalue weighted by Gasteiger charge is 2.32. The van der Waals surface area contributed by atoms with Crippen molar-refractivity contribution in [1.29, 1.82) is 0 Å². The average Bonchev–Trinajstić information content (AvgIpc) is 2.33. The van der Waals surface area contributed by atoms with Gasteiger partial charge in [0.15, 0.2) is 0 Å². The van der Waals surface area contributed by atoms with E-state index in [2.05, 4.69) is 0 Å². The standard InChI is InChI=1S/C9H18N2O2S2/c1-8-6-11(15(12,13)7-8)5-3-2-4-9(10)14/h8H,2-7H2,1H3,(H2,10,14). The van der Waals surface area contributed by atoms with E-state index >= 15 is 0 Å². The molecule has 1 aliphatic heterocycles. The predicted molar refractivity (Wildman–Crippen MR) is 65.2 cm³/mol. The van der Waals surface area contributed by atoms with Crippen LogP contribution in [0.4, 0.5) is 0 Å². The highest BCUT2D eigenvalue weighted by atomic mass is 32.2. The number of hydrogen-bond donors (Lipinski definition) is 1. The normalized spacial score (nSPS) is 25.5. The van der Waals surface area contributed by atoms with E-state index in [4.69, 9.17) is 18.0 Å². The minimum atomic E-state index is -2.97. The summed E-state index contributed by atoms with van der Waals surface area (Å²) in [5, 5.41) is 0. The van der Waals surface area contributed by atoms with Gasteiger partial charge in [-0.1, -0.05) is 19.1 Å². The van der Waals surface area contributed by atoms with Crippen LogP contribution in [0.3, 0.4) is 0 Å². The Kier molecular flexibility index (Phi) is 4.48. The van der Waals surface area contributed by atoms with Gasteiger partial charge < -0.3 is 5.73 Å². The number of nitrogens with two attached hydrogens (primary N) is 1. The lowest BCUT2D eigenvalue weighted by Gasteiger charge is -2.13. The average molecular weight is 250 g/mol. The molecule has 1 aliphatic rings. The summed E-state index contributed by atoms with van der Waals surface area (Å²) in [4.78, 5) is 0.507. The molecule has 1 saturated heterocycles. The number of unbranched alkanes of at least 4 members (excludes halogenated alkanes) is 1. The third kappa shape index (κ3) is 4.04. The maximum atomic E-state index is 11.6. The first-order valence-electron chi connectivity index (χ1n) is 5.18. The van der Waals surface area contributed by atoms with Crippen LogP contribution in [-0.2, 0) is 10.0 Å². The maximum Gasteiger partial charge on any atom is 0.214 e. The van der Waals surface area contributed by atoms with Gasteiger partial charge in [0.1, 0.15) is 0 Å². The lowest BCUT2D eigenvalue weighted by Crippen LogP contribution is -2.27. The van der Waals surface area contributed by atoms with Crippen LogP contribution in [0, 0.1) is 5.92 Å². The molecule has 0 radical (unpaired) electrons. The van der Waals surface area contributed by atoms with Gasteiger partial charge in [0.25, 0.3) is 0 Å². The van der Waals surface area contributed by atoms with Crippen molar-refractivity contribution in [2.45, 2.75) is 26.2 Å². The van der Waals surface area contributed by atoms with Crippen LogP contribution in [0.15, 0.2) is 0 Å². The Labute approximate surface area is 96.9 Å². The minimum Gasteiger partial charge on any atom is -0.393 e. The number of hydrogen-bond acceptors (Lipinski definition) is 3. The highest BCUT2D eigenvalue weighted by molar-refractivity contribution is 7.89. The Morgan fingerprint density at radius 1 is 1.53 bits per heavy atom. The monoisotopic (exact) mass is 250 g/mol. The molecule has 1 heterocycles. The maximum absolute atomic E-state index is 11.6. The highest BCUT2D eigenvalue weighted by Crippen LogP contribution is 2.19. The van der Waals surface area contributed by atoms with Gasteiger partial charge in [-0.2, -0.15) is 0 Å². The third-order valence-electron chi connectivity index (χ3n) is 2.48. The fourth-order valence-electron chi connectivity index (χ4n) is 1.80. The first kappa shape index (κ1) is 12.9. The van der Waals surface area contributed by atoms with Crippen molar-refractivity contribution in [3.63, 3.8) is 0 Å². The van der Waals surface area contributed by atoms with Gasteiger partial charge in [0, 0.05) is 13.1 Å². The Hall–Kier alpha value is -0.200. The van der Waals surface area contributed by atoms with Crippen molar-refractivity contribution >= 4 is 27.2 Å². The third-order valence-corrected chi connectivity index (χ3v) is 4.80. The zero-order valence-corrected chi connectivity index (χ0v) is 10.6. The zero-order chi connectivity index (χ0) is 11.5. The Morgan fingerprint density at radius 3 is 2.67 bits per heavy atom. The Balaban J connectivity index is 2.30. The topological polar surface area (TPSA) is 63.4 Å². The number of rotatable bonds is 5. The summed E-state index contributed by atoms with van der Waals surface area (Å²) >= 11 is 4.75. The largest absolute Gasteiger partial charge is 0.393 e. The van der Waals surface area contributed by atoms with Crippen molar-refractivity contribution in [1.82, 2.24) is 4.31 Å². The molecule has 0 spiro atoms. The van der Waals surface area contributed by atoms with E-state index in [9.17, 15) is 8.42 Å². The quantitative estimate of drug-likeness (QED) is 0.577. The molecule has 0 amide bonds. The predicted octanol–water partition coefficient (Wildman–Crippen LogP) is 0.724. The summed E-state index contributed by atoms with van der Waals surface area (Å²) in [6.45, 7) is 3.23. The number of sulfonamides is 1. The van der Waals surface area contributed by atoms with Crippen molar-refractivity contribution in [3.05, 3.63) is 0 Å². The van der Waals surface area contributed by atoms with Gasteiger partial charge in [-0.15, -0.1) is 0 Å². The second-order valence-electron chi connectivity index (χ2n) is 4.17. The molecular formula is C9H18N2O2S2. The Bertz CT molecular complexity index is 327. The van der Waals surface area contributed by atoms with Crippen LogP contribution < -0.4 is 5.73 Å². The van der Waals surface area contributed by atoms with Crippen LogP contribution in [0.5, 0.6) is 0 Å². The number of nitrogens with zero attached hydrogens (tertiary/aromatic N) is 1. The van der Waals surface area contributed by atoms with Crippen LogP contribution >= 0.6 is 12.2 Å². The van der Waals surface area contributed by atoms with Crippen LogP contribution in [0.1, 0.15) is 26.2 Å². The summed E-state index contributed by atoms with van der Waals surface area (Å²) in [7, 11) is -2.97. The summed E-state index contributed by atoms with van der Waals surface area (Å²) in [6.07, 6.45) is 2.41. The van der Waals surface area contributed by atoms with Gasteiger partial charge in [0.2, 0.25) is 10.0 Å². The van der Waals surface area contributed by atoms with Crippen LogP contribution in [0.2, 0.25) is 0 Å². The molecule has 88 valence electrons. The summed E-state index contributed by atoms with van der Waals surface area (Å²) in [5.41, 5.74) is 5.36. The molecule has 0 saturated carbocycles. The minimum absolute atomic E-state index is 0.255. The lowest BCUT2D eigenvalue weighted by atomic mass is 10.2. The van der Waals surface area contributed by atoms with Gasteiger partial charge >= 0.3 is 0 Å². The molecule has 0 aromatic carbocycles. The van der Waals surface area contributed by atoms with Gasteiger partial charge in [-0.05, 0) is 25.2 Å². The molecule has 4 nitrogen and oxygen atoms in total. The second-order valence-corrected chi connectivity index (χ2v) is 6.70. The molecule has 1 fully saturated rings. The van der Waals surface area contributed by atoms with Crippen molar-refractivity contribution in [3.8, 4) is 0 Å². The van der Waals surface area contributed by atoms with E-state index in [0.29, 0.717) is 30.3 Å². The van der Waals surface area contributed by atoms with Crippen LogP contribution in [0.25, 0.3) is 0 Å². The fourth-order valence-corrected chi connectivity index (χ4v) is 3.87. The van der Waals surface area contributed by atoms with Crippen molar-refractivity contribution in [2.24, 2.45) is 11.7 Å². The van der Waals surface area contributed by atoms with Crippen molar-refractivity contribution < 1.29 is 8.42 Å². The Morgan fingerprint density at radius 2 is 2.20 bits per heavy atom. The SMILES string of the molecule is CC1CN(CCCCC(N)=S)S(=O)(=O)C1. The van der Waals surface area contributed by atoms with E-state index < -0.39 is 10.0 Å². The second kappa shape index (κ2) is 5.23. The molecule has 2 N–H and O–H groups in total. The summed E-state index contributed by atoms with van der Waals surface area (Å²) in [6, 6.07) is 0. The smallest absolute Gasteiger partial charge is 0.214 e. The van der Waals surface area contributed by atoms with Crippen molar-refractivity contribution in [2.75, 3.05) is 18.8 Å². The van der Waals surface area contributed by atoms with E-state index in [1.165, 1.54) is 0 Å². The van der Waals surface area contributed by atoms with Crippen LogP contribution in [-0.4, -0.2) is 36.6 Å². The summed E-state index contributed by atoms with van der Waals surface area (Å²) in [5.74, 6) is 0.549. The lowest BCUT2D eigenvalue weighted by molar-refractivity contribution is 0.404. The molecule has 0 aromatic rings. The van der Waals surface area contributed by atoms with Gasteiger partial charge in [0.05, 0.1) is 10.7 Å².